The number of aromatic nitrogens is 1. The first kappa shape index (κ1) is 20.5. The Morgan fingerprint density at radius 2 is 1.81 bits per heavy atom. The van der Waals surface area contributed by atoms with E-state index in [1.165, 1.54) is 24.3 Å². The van der Waals surface area contributed by atoms with Crippen LogP contribution in [0.3, 0.4) is 0 Å². The fraction of sp³-hybridized carbons (Fsp3) is 0.278. The molecule has 1 aromatic heterocycles. The summed E-state index contributed by atoms with van der Waals surface area (Å²) in [4.78, 5) is 28.0. The zero-order valence-corrected chi connectivity index (χ0v) is 15.9. The molecule has 1 atom stereocenters. The van der Waals surface area contributed by atoms with Crippen LogP contribution in [0.2, 0.25) is 0 Å². The first-order valence-corrected chi connectivity index (χ1v) is 9.91. The van der Waals surface area contributed by atoms with E-state index in [9.17, 15) is 18.0 Å². The fourth-order valence-electron chi connectivity index (χ4n) is 2.09. The van der Waals surface area contributed by atoms with Gasteiger partial charge in [-0.25, -0.2) is 18.1 Å². The average Bonchev–Trinajstić information content (AvgIpc) is 2.66. The maximum Gasteiger partial charge on any atom is 0.251 e. The van der Waals surface area contributed by atoms with Crippen LogP contribution < -0.4 is 15.4 Å². The van der Waals surface area contributed by atoms with Crippen molar-refractivity contribution >= 4 is 27.7 Å². The summed E-state index contributed by atoms with van der Waals surface area (Å²) in [6, 6.07) is 10.4. The highest BCUT2D eigenvalue weighted by molar-refractivity contribution is 7.89. The van der Waals surface area contributed by atoms with Crippen molar-refractivity contribution in [1.82, 2.24) is 15.0 Å². The number of amides is 2. The van der Waals surface area contributed by atoms with Crippen LogP contribution in [-0.4, -0.2) is 37.8 Å². The molecular weight excluding hydrogens is 368 g/mol. The molecule has 0 bridgehead atoms. The van der Waals surface area contributed by atoms with Gasteiger partial charge in [0, 0.05) is 17.8 Å². The Labute approximate surface area is 158 Å². The topological polar surface area (TPSA) is 117 Å². The van der Waals surface area contributed by atoms with Crippen molar-refractivity contribution in [3.8, 4) is 0 Å². The molecule has 0 fully saturated rings. The van der Waals surface area contributed by atoms with Crippen LogP contribution in [0.15, 0.2) is 53.6 Å². The molecular formula is C18H22N4O4S. The molecule has 9 heteroatoms. The number of nitrogens with one attached hydrogen (secondary N) is 3. The van der Waals surface area contributed by atoms with E-state index in [0.29, 0.717) is 12.2 Å². The van der Waals surface area contributed by atoms with Gasteiger partial charge in [-0.2, -0.15) is 0 Å². The molecule has 1 aromatic carbocycles. The predicted octanol–water partition coefficient (Wildman–Crippen LogP) is 1.53. The van der Waals surface area contributed by atoms with Crippen LogP contribution in [0.1, 0.15) is 30.6 Å². The Morgan fingerprint density at radius 3 is 2.41 bits per heavy atom. The van der Waals surface area contributed by atoms with Crippen LogP contribution in [0.5, 0.6) is 0 Å². The SMILES string of the molecule is CCC(C)NS(=O)(=O)c1ccc(C(=O)NCC(=O)Nc2ccccn2)cc1. The lowest BCUT2D eigenvalue weighted by Gasteiger charge is -2.12. The molecule has 0 spiro atoms. The van der Waals surface area contributed by atoms with E-state index >= 15 is 0 Å². The Kier molecular flexibility index (Phi) is 7.03. The minimum Gasteiger partial charge on any atom is -0.343 e. The number of hydrogen-bond donors (Lipinski definition) is 3. The standard InChI is InChI=1S/C18H22N4O4S/c1-3-13(2)22-27(25,26)15-9-7-14(8-10-15)18(24)20-12-17(23)21-16-6-4-5-11-19-16/h4-11,13,22H,3,12H2,1-2H3,(H,20,24)(H,19,21,23). The number of anilines is 1. The maximum atomic E-state index is 12.2. The lowest BCUT2D eigenvalue weighted by molar-refractivity contribution is -0.115. The van der Waals surface area contributed by atoms with E-state index in [-0.39, 0.29) is 23.0 Å². The van der Waals surface area contributed by atoms with Crippen molar-refractivity contribution in [2.45, 2.75) is 31.2 Å². The normalized spacial score (nSPS) is 12.2. The van der Waals surface area contributed by atoms with Gasteiger partial charge in [0.05, 0.1) is 11.4 Å². The first-order valence-electron chi connectivity index (χ1n) is 8.43. The zero-order valence-electron chi connectivity index (χ0n) is 15.1. The third-order valence-electron chi connectivity index (χ3n) is 3.74. The molecule has 2 amide bonds. The van der Waals surface area contributed by atoms with Crippen LogP contribution in [-0.2, 0) is 14.8 Å². The monoisotopic (exact) mass is 390 g/mol. The summed E-state index contributed by atoms with van der Waals surface area (Å²) in [6.07, 6.45) is 2.21. The maximum absolute atomic E-state index is 12.2. The summed E-state index contributed by atoms with van der Waals surface area (Å²) in [5, 5.41) is 5.02. The van der Waals surface area contributed by atoms with Crippen molar-refractivity contribution in [1.29, 1.82) is 0 Å². The van der Waals surface area contributed by atoms with E-state index in [1.807, 2.05) is 6.92 Å². The van der Waals surface area contributed by atoms with Crippen molar-refractivity contribution in [2.75, 3.05) is 11.9 Å². The first-order chi connectivity index (χ1) is 12.8. The van der Waals surface area contributed by atoms with Gasteiger partial charge >= 0.3 is 0 Å². The molecule has 144 valence electrons. The van der Waals surface area contributed by atoms with Gasteiger partial charge in [0.25, 0.3) is 5.91 Å². The zero-order chi connectivity index (χ0) is 19.9. The highest BCUT2D eigenvalue weighted by Gasteiger charge is 2.17. The van der Waals surface area contributed by atoms with Gasteiger partial charge < -0.3 is 10.6 Å². The van der Waals surface area contributed by atoms with Gasteiger partial charge in [-0.15, -0.1) is 0 Å². The van der Waals surface area contributed by atoms with Crippen LogP contribution >= 0.6 is 0 Å². The molecule has 0 radical (unpaired) electrons. The summed E-state index contributed by atoms with van der Waals surface area (Å²) < 4.78 is 26.9. The number of sulfonamides is 1. The van der Waals surface area contributed by atoms with Gasteiger partial charge in [-0.1, -0.05) is 13.0 Å². The Morgan fingerprint density at radius 1 is 1.11 bits per heavy atom. The summed E-state index contributed by atoms with van der Waals surface area (Å²) in [5.41, 5.74) is 0.253. The molecule has 2 aromatic rings. The van der Waals surface area contributed by atoms with Gasteiger partial charge in [-0.3, -0.25) is 9.59 Å². The second-order valence-electron chi connectivity index (χ2n) is 5.90. The van der Waals surface area contributed by atoms with E-state index in [0.717, 1.165) is 0 Å². The highest BCUT2D eigenvalue weighted by atomic mass is 32.2. The van der Waals surface area contributed by atoms with Crippen LogP contribution in [0.4, 0.5) is 5.82 Å². The van der Waals surface area contributed by atoms with E-state index < -0.39 is 21.8 Å². The quantitative estimate of drug-likeness (QED) is 0.632. The number of pyridine rings is 1. The fourth-order valence-corrected chi connectivity index (χ4v) is 3.41. The van der Waals surface area contributed by atoms with Crippen LogP contribution in [0.25, 0.3) is 0 Å². The number of rotatable bonds is 8. The van der Waals surface area contributed by atoms with Crippen molar-refractivity contribution in [3.05, 3.63) is 54.2 Å². The Bertz CT molecular complexity index is 883. The molecule has 2 rings (SSSR count). The number of hydrogen-bond acceptors (Lipinski definition) is 5. The number of nitrogens with zero attached hydrogens (tertiary/aromatic N) is 1. The van der Waals surface area contributed by atoms with E-state index in [1.54, 1.807) is 31.3 Å². The van der Waals surface area contributed by atoms with Gasteiger partial charge in [0.15, 0.2) is 0 Å². The lowest BCUT2D eigenvalue weighted by atomic mass is 10.2. The Balaban J connectivity index is 1.92. The lowest BCUT2D eigenvalue weighted by Crippen LogP contribution is -2.33. The van der Waals surface area contributed by atoms with Gasteiger partial charge in [-0.05, 0) is 49.7 Å². The highest BCUT2D eigenvalue weighted by Crippen LogP contribution is 2.11. The molecule has 27 heavy (non-hydrogen) atoms. The van der Waals surface area contributed by atoms with Gasteiger partial charge in [0.2, 0.25) is 15.9 Å². The molecule has 1 heterocycles. The van der Waals surface area contributed by atoms with Crippen molar-refractivity contribution < 1.29 is 18.0 Å². The minimum atomic E-state index is -3.63. The number of carbonyl (C=O) groups excluding carboxylic acids is 2. The smallest absolute Gasteiger partial charge is 0.251 e. The van der Waals surface area contributed by atoms with E-state index in [2.05, 4.69) is 20.3 Å². The molecule has 0 saturated heterocycles. The molecule has 8 nitrogen and oxygen atoms in total. The summed E-state index contributed by atoms with van der Waals surface area (Å²) in [5.74, 6) is -0.510. The number of benzene rings is 1. The third kappa shape index (κ3) is 6.15. The molecule has 0 aliphatic rings. The van der Waals surface area contributed by atoms with Crippen LogP contribution in [0, 0.1) is 0 Å². The second kappa shape index (κ2) is 9.24. The predicted molar refractivity (Wildman–Crippen MR) is 102 cm³/mol. The summed E-state index contributed by atoms with van der Waals surface area (Å²) in [7, 11) is -3.63. The molecule has 0 aliphatic heterocycles. The molecule has 1 unspecified atom stereocenters. The minimum absolute atomic E-state index is 0.0762. The molecule has 3 N–H and O–H groups in total. The average molecular weight is 390 g/mol. The second-order valence-corrected chi connectivity index (χ2v) is 7.61. The summed E-state index contributed by atoms with van der Waals surface area (Å²) in [6.45, 7) is 3.42. The molecule has 0 aliphatic carbocycles. The largest absolute Gasteiger partial charge is 0.343 e. The van der Waals surface area contributed by atoms with Gasteiger partial charge in [0.1, 0.15) is 5.82 Å². The molecule has 0 saturated carbocycles. The third-order valence-corrected chi connectivity index (χ3v) is 5.34. The number of carbonyl (C=O) groups is 2. The van der Waals surface area contributed by atoms with Crippen molar-refractivity contribution in [3.63, 3.8) is 0 Å². The van der Waals surface area contributed by atoms with E-state index in [4.69, 9.17) is 0 Å². The Hall–Kier alpha value is -2.78. The van der Waals surface area contributed by atoms with Crippen molar-refractivity contribution in [2.24, 2.45) is 0 Å². The summed E-state index contributed by atoms with van der Waals surface area (Å²) >= 11 is 0.